The van der Waals surface area contributed by atoms with E-state index in [1.165, 1.54) is 12.8 Å². The normalized spacial score (nSPS) is 18.7. The molecule has 1 fully saturated rings. The number of nitrogens with two attached hydrogens (primary N) is 1. The summed E-state index contributed by atoms with van der Waals surface area (Å²) in [5, 5.41) is 0. The van der Waals surface area contributed by atoms with Gasteiger partial charge < -0.3 is 10.5 Å². The summed E-state index contributed by atoms with van der Waals surface area (Å²) >= 11 is 0. The quantitative estimate of drug-likeness (QED) is 0.739. The maximum absolute atomic E-state index is 11.3. The van der Waals surface area contributed by atoms with Gasteiger partial charge >= 0.3 is 5.97 Å². The maximum atomic E-state index is 11.3. The third kappa shape index (κ3) is 4.29. The lowest BCUT2D eigenvalue weighted by atomic mass is 10.2. The first kappa shape index (κ1) is 13.7. The van der Waals surface area contributed by atoms with E-state index in [4.69, 9.17) is 10.5 Å². The lowest BCUT2D eigenvalue weighted by Gasteiger charge is -2.14. The third-order valence-electron chi connectivity index (χ3n) is 2.49. The summed E-state index contributed by atoms with van der Waals surface area (Å²) in [6.45, 7) is 2.02. The molecule has 1 aliphatic carbocycles. The molecule has 0 aromatic heterocycles. The molecule has 0 heterocycles. The average Bonchev–Trinajstić information content (AvgIpc) is 2.57. The highest BCUT2D eigenvalue weighted by atomic mass is 35.5. The zero-order valence-electron chi connectivity index (χ0n) is 8.70. The molecule has 84 valence electrons. The number of hydrogen-bond acceptors (Lipinski definition) is 3. The highest BCUT2D eigenvalue weighted by Gasteiger charge is 2.22. The highest BCUT2D eigenvalue weighted by Crippen LogP contribution is 2.21. The molecule has 0 aliphatic heterocycles. The predicted octanol–water partition coefficient (Wildman–Crippen LogP) is 2.02. The molecule has 0 bridgehead atoms. The minimum atomic E-state index is -0.411. The molecule has 0 amide bonds. The van der Waals surface area contributed by atoms with E-state index >= 15 is 0 Å². The van der Waals surface area contributed by atoms with Gasteiger partial charge in [-0.15, -0.1) is 12.4 Å². The molecular formula is C10H20ClNO2. The molecular weight excluding hydrogens is 202 g/mol. The van der Waals surface area contributed by atoms with Crippen LogP contribution in [0.3, 0.4) is 0 Å². The lowest BCUT2D eigenvalue weighted by molar-refractivity contribution is -0.150. The molecule has 0 aromatic rings. The van der Waals surface area contributed by atoms with E-state index in [0.717, 1.165) is 25.7 Å². The number of esters is 1. The van der Waals surface area contributed by atoms with Crippen molar-refractivity contribution in [1.82, 2.24) is 0 Å². The van der Waals surface area contributed by atoms with Crippen LogP contribution in [-0.2, 0) is 9.53 Å². The smallest absolute Gasteiger partial charge is 0.323 e. The van der Waals surface area contributed by atoms with Crippen molar-refractivity contribution in [3.63, 3.8) is 0 Å². The van der Waals surface area contributed by atoms with Crippen LogP contribution >= 0.6 is 12.4 Å². The van der Waals surface area contributed by atoms with E-state index in [0.29, 0.717) is 0 Å². The van der Waals surface area contributed by atoms with Crippen molar-refractivity contribution in [2.75, 3.05) is 0 Å². The molecule has 2 N–H and O–H groups in total. The summed E-state index contributed by atoms with van der Waals surface area (Å²) in [4.78, 5) is 11.3. The van der Waals surface area contributed by atoms with E-state index in [1.807, 2.05) is 6.92 Å². The van der Waals surface area contributed by atoms with Crippen LogP contribution in [0.4, 0.5) is 0 Å². The van der Waals surface area contributed by atoms with Crippen molar-refractivity contribution in [2.45, 2.75) is 57.6 Å². The topological polar surface area (TPSA) is 52.3 Å². The van der Waals surface area contributed by atoms with Crippen molar-refractivity contribution in [3.8, 4) is 0 Å². The fraction of sp³-hybridized carbons (Fsp3) is 0.900. The van der Waals surface area contributed by atoms with Gasteiger partial charge in [-0.3, -0.25) is 4.79 Å². The maximum Gasteiger partial charge on any atom is 0.323 e. The fourth-order valence-electron chi connectivity index (χ4n) is 1.69. The Labute approximate surface area is 91.8 Å². The summed E-state index contributed by atoms with van der Waals surface area (Å²) in [5.41, 5.74) is 5.63. The Bertz CT molecular complexity index is 170. The standard InChI is InChI=1S/C10H19NO2.ClH/c1-2-5-9(11)10(12)13-8-6-3-4-7-8;/h8-9H,2-7,11H2,1H3;1H/t9-;/m0./s1. The molecule has 0 saturated heterocycles. The van der Waals surface area contributed by atoms with Gasteiger partial charge in [0.15, 0.2) is 0 Å². The largest absolute Gasteiger partial charge is 0.461 e. The number of rotatable bonds is 4. The second-order valence-electron chi connectivity index (χ2n) is 3.74. The van der Waals surface area contributed by atoms with Gasteiger partial charge in [0, 0.05) is 0 Å². The summed E-state index contributed by atoms with van der Waals surface area (Å²) in [6, 6.07) is -0.411. The van der Waals surface area contributed by atoms with E-state index < -0.39 is 6.04 Å². The molecule has 1 rings (SSSR count). The third-order valence-corrected chi connectivity index (χ3v) is 2.49. The molecule has 0 aromatic carbocycles. The number of ether oxygens (including phenoxy) is 1. The van der Waals surface area contributed by atoms with Gasteiger partial charge in [0.25, 0.3) is 0 Å². The number of carbonyl (C=O) groups is 1. The Morgan fingerprint density at radius 1 is 1.50 bits per heavy atom. The van der Waals surface area contributed by atoms with Crippen LogP contribution in [0.5, 0.6) is 0 Å². The van der Waals surface area contributed by atoms with Crippen LogP contribution in [0, 0.1) is 0 Å². The van der Waals surface area contributed by atoms with Crippen LogP contribution in [-0.4, -0.2) is 18.1 Å². The highest BCUT2D eigenvalue weighted by molar-refractivity contribution is 5.85. The number of carbonyl (C=O) groups excluding carboxylic acids is 1. The summed E-state index contributed by atoms with van der Waals surface area (Å²) < 4.78 is 5.26. The molecule has 0 unspecified atom stereocenters. The number of halogens is 1. The van der Waals surface area contributed by atoms with E-state index in [1.54, 1.807) is 0 Å². The molecule has 1 atom stereocenters. The number of hydrogen-bond donors (Lipinski definition) is 1. The van der Waals surface area contributed by atoms with Crippen molar-refractivity contribution < 1.29 is 9.53 Å². The van der Waals surface area contributed by atoms with Crippen LogP contribution in [0.15, 0.2) is 0 Å². The Balaban J connectivity index is 0.00000169. The average molecular weight is 222 g/mol. The Morgan fingerprint density at radius 2 is 2.07 bits per heavy atom. The van der Waals surface area contributed by atoms with Crippen molar-refractivity contribution in [1.29, 1.82) is 0 Å². The molecule has 14 heavy (non-hydrogen) atoms. The summed E-state index contributed by atoms with van der Waals surface area (Å²) in [5.74, 6) is -0.214. The van der Waals surface area contributed by atoms with Crippen LogP contribution < -0.4 is 5.73 Å². The minimum Gasteiger partial charge on any atom is -0.461 e. The Hall–Kier alpha value is -0.280. The zero-order valence-corrected chi connectivity index (χ0v) is 9.52. The van der Waals surface area contributed by atoms with Gasteiger partial charge in [-0.1, -0.05) is 13.3 Å². The second kappa shape index (κ2) is 7.07. The fourth-order valence-corrected chi connectivity index (χ4v) is 1.69. The molecule has 1 saturated carbocycles. The molecule has 4 heteroatoms. The first-order valence-electron chi connectivity index (χ1n) is 5.20. The van der Waals surface area contributed by atoms with Crippen molar-refractivity contribution in [2.24, 2.45) is 5.73 Å². The van der Waals surface area contributed by atoms with Gasteiger partial charge in [-0.2, -0.15) is 0 Å². The minimum absolute atomic E-state index is 0. The molecule has 0 radical (unpaired) electrons. The van der Waals surface area contributed by atoms with Crippen molar-refractivity contribution >= 4 is 18.4 Å². The second-order valence-corrected chi connectivity index (χ2v) is 3.74. The SMILES string of the molecule is CCC[C@H](N)C(=O)OC1CCCC1.Cl. The molecule has 3 nitrogen and oxygen atoms in total. The monoisotopic (exact) mass is 221 g/mol. The predicted molar refractivity (Wildman–Crippen MR) is 58.5 cm³/mol. The lowest BCUT2D eigenvalue weighted by Crippen LogP contribution is -2.34. The van der Waals surface area contributed by atoms with Gasteiger partial charge in [0.2, 0.25) is 0 Å². The van der Waals surface area contributed by atoms with E-state index in [2.05, 4.69) is 0 Å². The first-order chi connectivity index (χ1) is 6.24. The van der Waals surface area contributed by atoms with E-state index in [9.17, 15) is 4.79 Å². The Kier molecular flexibility index (Phi) is 6.93. The van der Waals surface area contributed by atoms with Crippen LogP contribution in [0.2, 0.25) is 0 Å². The summed E-state index contributed by atoms with van der Waals surface area (Å²) in [6.07, 6.45) is 6.21. The van der Waals surface area contributed by atoms with Crippen LogP contribution in [0.1, 0.15) is 45.4 Å². The van der Waals surface area contributed by atoms with Gasteiger partial charge in [0.1, 0.15) is 12.1 Å². The first-order valence-corrected chi connectivity index (χ1v) is 5.20. The Morgan fingerprint density at radius 3 is 2.57 bits per heavy atom. The molecule has 0 spiro atoms. The van der Waals surface area contributed by atoms with Crippen LogP contribution in [0.25, 0.3) is 0 Å². The zero-order chi connectivity index (χ0) is 9.68. The summed E-state index contributed by atoms with van der Waals surface area (Å²) in [7, 11) is 0. The van der Waals surface area contributed by atoms with Gasteiger partial charge in [-0.05, 0) is 32.1 Å². The van der Waals surface area contributed by atoms with Crippen molar-refractivity contribution in [3.05, 3.63) is 0 Å². The van der Waals surface area contributed by atoms with Gasteiger partial charge in [0.05, 0.1) is 0 Å². The van der Waals surface area contributed by atoms with E-state index in [-0.39, 0.29) is 24.5 Å². The molecule has 1 aliphatic rings. The van der Waals surface area contributed by atoms with Gasteiger partial charge in [-0.25, -0.2) is 0 Å².